The summed E-state index contributed by atoms with van der Waals surface area (Å²) >= 11 is 5.04. The average Bonchev–Trinajstić information content (AvgIpc) is 2.63. The average molecular weight is 320 g/mol. The molecule has 1 fully saturated rings. The first-order chi connectivity index (χ1) is 8.05. The Kier molecular flexibility index (Phi) is 4.61. The third-order valence-corrected chi connectivity index (χ3v) is 4.95. The number of rotatable bonds is 4. The largest absolute Gasteiger partial charge is 0.314 e. The van der Waals surface area contributed by atoms with Crippen molar-refractivity contribution >= 4 is 27.3 Å². The Labute approximate surface area is 115 Å². The van der Waals surface area contributed by atoms with Gasteiger partial charge in [0.25, 0.3) is 0 Å². The highest BCUT2D eigenvalue weighted by atomic mass is 79.9. The number of nitrogens with one attached hydrogen (secondary N) is 1. The Morgan fingerprint density at radius 1 is 1.59 bits per heavy atom. The zero-order chi connectivity index (χ0) is 12.3. The molecule has 1 nitrogen and oxygen atoms in total. The van der Waals surface area contributed by atoms with Crippen molar-refractivity contribution in [3.8, 4) is 0 Å². The number of hydrogen-bond donors (Lipinski definition) is 1. The Hall–Kier alpha value is 0.0700. The van der Waals surface area contributed by atoms with Gasteiger partial charge in [-0.25, -0.2) is 4.39 Å². The van der Waals surface area contributed by atoms with Crippen LogP contribution in [0, 0.1) is 0 Å². The van der Waals surface area contributed by atoms with Gasteiger partial charge in [0, 0.05) is 27.2 Å². The summed E-state index contributed by atoms with van der Waals surface area (Å²) in [5.74, 6) is 0. The Morgan fingerprint density at radius 3 is 3.00 bits per heavy atom. The predicted octanol–water partition coefficient (Wildman–Crippen LogP) is 4.31. The molecule has 2 rings (SSSR count). The highest BCUT2D eigenvalue weighted by Gasteiger charge is 2.29. The van der Waals surface area contributed by atoms with E-state index in [-0.39, 0.29) is 0 Å². The van der Waals surface area contributed by atoms with Gasteiger partial charge in [0.2, 0.25) is 0 Å². The van der Waals surface area contributed by atoms with Crippen LogP contribution < -0.4 is 5.32 Å². The van der Waals surface area contributed by atoms with Crippen molar-refractivity contribution in [2.75, 3.05) is 6.54 Å². The molecule has 1 aromatic rings. The maximum Gasteiger partial charge on any atom is 0.114 e. The molecule has 2 unspecified atom stereocenters. The van der Waals surface area contributed by atoms with E-state index in [1.807, 2.05) is 11.4 Å². The van der Waals surface area contributed by atoms with Gasteiger partial charge < -0.3 is 5.32 Å². The Bertz CT molecular complexity index is 358. The van der Waals surface area contributed by atoms with Crippen molar-refractivity contribution in [3.05, 3.63) is 20.8 Å². The molecule has 1 aliphatic rings. The fourth-order valence-corrected chi connectivity index (χ4v) is 4.11. The van der Waals surface area contributed by atoms with E-state index in [0.717, 1.165) is 22.3 Å². The van der Waals surface area contributed by atoms with Gasteiger partial charge in [0.15, 0.2) is 0 Å². The molecule has 0 radical (unpaired) electrons. The van der Waals surface area contributed by atoms with E-state index in [0.29, 0.717) is 18.9 Å². The number of thiophene rings is 1. The zero-order valence-electron chi connectivity index (χ0n) is 10.1. The molecule has 0 amide bonds. The summed E-state index contributed by atoms with van der Waals surface area (Å²) in [7, 11) is 0. The lowest BCUT2D eigenvalue weighted by Gasteiger charge is -2.29. The van der Waals surface area contributed by atoms with E-state index >= 15 is 0 Å². The van der Waals surface area contributed by atoms with Crippen LogP contribution in [0.5, 0.6) is 0 Å². The summed E-state index contributed by atoms with van der Waals surface area (Å²) in [4.78, 5) is 1.12. The molecule has 1 aliphatic heterocycles. The second-order valence-corrected chi connectivity index (χ2v) is 7.08. The first-order valence-corrected chi connectivity index (χ1v) is 7.88. The molecule has 0 bridgehead atoms. The molecular weight excluding hydrogens is 301 g/mol. The molecule has 1 saturated heterocycles. The molecule has 0 saturated carbocycles. The van der Waals surface area contributed by atoms with Crippen LogP contribution in [-0.4, -0.2) is 18.3 Å². The van der Waals surface area contributed by atoms with E-state index in [4.69, 9.17) is 0 Å². The van der Waals surface area contributed by atoms with E-state index in [2.05, 4.69) is 21.2 Å². The third kappa shape index (κ3) is 4.34. The molecule has 4 heteroatoms. The SMILES string of the molecule is CC(F)(Cc1cc(Br)cs1)CC1CCCCN1. The molecule has 2 heterocycles. The van der Waals surface area contributed by atoms with Gasteiger partial charge >= 0.3 is 0 Å². The molecule has 1 aromatic heterocycles. The second kappa shape index (κ2) is 5.81. The van der Waals surface area contributed by atoms with E-state index in [1.54, 1.807) is 18.3 Å². The molecule has 1 N–H and O–H groups in total. The highest BCUT2D eigenvalue weighted by molar-refractivity contribution is 9.10. The first kappa shape index (κ1) is 13.5. The Morgan fingerprint density at radius 2 is 2.41 bits per heavy atom. The van der Waals surface area contributed by atoms with Crippen LogP contribution in [-0.2, 0) is 6.42 Å². The number of hydrogen-bond acceptors (Lipinski definition) is 2. The maximum absolute atomic E-state index is 14.5. The van der Waals surface area contributed by atoms with Gasteiger partial charge in [0.1, 0.15) is 5.67 Å². The molecule has 0 aromatic carbocycles. The zero-order valence-corrected chi connectivity index (χ0v) is 12.5. The smallest absolute Gasteiger partial charge is 0.114 e. The molecule has 2 atom stereocenters. The number of halogens is 2. The van der Waals surface area contributed by atoms with Crippen LogP contribution in [0.1, 0.15) is 37.5 Å². The first-order valence-electron chi connectivity index (χ1n) is 6.20. The van der Waals surface area contributed by atoms with E-state index in [1.165, 1.54) is 12.8 Å². The Balaban J connectivity index is 1.88. The fraction of sp³-hybridized carbons (Fsp3) is 0.692. The highest BCUT2D eigenvalue weighted by Crippen LogP contribution is 2.30. The van der Waals surface area contributed by atoms with Crippen LogP contribution in [0.2, 0.25) is 0 Å². The second-order valence-electron chi connectivity index (χ2n) is 5.17. The number of alkyl halides is 1. The summed E-state index contributed by atoms with van der Waals surface area (Å²) < 4.78 is 15.6. The fourth-order valence-electron chi connectivity index (χ4n) is 2.49. The van der Waals surface area contributed by atoms with Crippen LogP contribution >= 0.6 is 27.3 Å². The topological polar surface area (TPSA) is 12.0 Å². The number of piperidine rings is 1. The predicted molar refractivity (Wildman–Crippen MR) is 75.5 cm³/mol. The van der Waals surface area contributed by atoms with Gasteiger partial charge in [-0.05, 0) is 54.7 Å². The normalized spacial score (nSPS) is 24.5. The van der Waals surface area contributed by atoms with Crippen LogP contribution in [0.4, 0.5) is 4.39 Å². The van der Waals surface area contributed by atoms with Crippen molar-refractivity contribution in [1.82, 2.24) is 5.32 Å². The minimum absolute atomic E-state index is 0.363. The van der Waals surface area contributed by atoms with Gasteiger partial charge in [-0.3, -0.25) is 0 Å². The van der Waals surface area contributed by atoms with Crippen molar-refractivity contribution in [3.63, 3.8) is 0 Å². The van der Waals surface area contributed by atoms with Crippen molar-refractivity contribution in [2.45, 2.75) is 50.7 Å². The van der Waals surface area contributed by atoms with Crippen molar-refractivity contribution in [2.24, 2.45) is 0 Å². The summed E-state index contributed by atoms with van der Waals surface area (Å²) in [5, 5.41) is 5.44. The lowest BCUT2D eigenvalue weighted by molar-refractivity contribution is 0.147. The summed E-state index contributed by atoms with van der Waals surface area (Å²) in [6.45, 7) is 2.78. The summed E-state index contributed by atoms with van der Waals surface area (Å²) in [5.41, 5.74) is -1.10. The van der Waals surface area contributed by atoms with Gasteiger partial charge in [0.05, 0.1) is 0 Å². The van der Waals surface area contributed by atoms with E-state index < -0.39 is 5.67 Å². The summed E-state index contributed by atoms with van der Waals surface area (Å²) in [6.07, 6.45) is 4.74. The van der Waals surface area contributed by atoms with Crippen molar-refractivity contribution < 1.29 is 4.39 Å². The quantitative estimate of drug-likeness (QED) is 0.871. The monoisotopic (exact) mass is 319 g/mol. The standard InChI is InChI=1S/C13H19BrFNS/c1-13(15,7-11-4-2-3-5-16-11)8-12-6-10(14)9-17-12/h6,9,11,16H,2-5,7-8H2,1H3. The molecule has 96 valence electrons. The van der Waals surface area contributed by atoms with Crippen LogP contribution in [0.25, 0.3) is 0 Å². The van der Waals surface area contributed by atoms with Crippen LogP contribution in [0.15, 0.2) is 15.9 Å². The van der Waals surface area contributed by atoms with Crippen LogP contribution in [0.3, 0.4) is 0 Å². The molecule has 0 spiro atoms. The summed E-state index contributed by atoms with van der Waals surface area (Å²) in [6, 6.07) is 2.39. The van der Waals surface area contributed by atoms with Gasteiger partial charge in [-0.2, -0.15) is 0 Å². The van der Waals surface area contributed by atoms with Crippen molar-refractivity contribution in [1.29, 1.82) is 0 Å². The minimum atomic E-state index is -1.10. The minimum Gasteiger partial charge on any atom is -0.314 e. The lowest BCUT2D eigenvalue weighted by atomic mass is 9.90. The molecular formula is C13H19BrFNS. The maximum atomic E-state index is 14.5. The third-order valence-electron chi connectivity index (χ3n) is 3.25. The molecule has 17 heavy (non-hydrogen) atoms. The van der Waals surface area contributed by atoms with Gasteiger partial charge in [-0.1, -0.05) is 6.42 Å². The molecule has 0 aliphatic carbocycles. The lowest BCUT2D eigenvalue weighted by Crippen LogP contribution is -2.39. The van der Waals surface area contributed by atoms with Gasteiger partial charge in [-0.15, -0.1) is 11.3 Å². The van der Waals surface area contributed by atoms with E-state index in [9.17, 15) is 4.39 Å².